The van der Waals surface area contributed by atoms with Crippen LogP contribution in [0, 0.1) is 13.8 Å². The molecule has 7 heteroatoms. The molecule has 1 saturated heterocycles. The second-order valence-electron chi connectivity index (χ2n) is 7.75. The van der Waals surface area contributed by atoms with Crippen molar-refractivity contribution in [1.82, 2.24) is 14.3 Å². The summed E-state index contributed by atoms with van der Waals surface area (Å²) >= 11 is 0. The maximum absolute atomic E-state index is 13.1. The Morgan fingerprint density at radius 3 is 2.43 bits per heavy atom. The van der Waals surface area contributed by atoms with Crippen molar-refractivity contribution in [2.45, 2.75) is 63.4 Å². The van der Waals surface area contributed by atoms with Crippen LogP contribution in [0.1, 0.15) is 48.3 Å². The van der Waals surface area contributed by atoms with E-state index in [-0.39, 0.29) is 6.10 Å². The second-order valence-corrected chi connectivity index (χ2v) is 9.69. The van der Waals surface area contributed by atoms with Crippen LogP contribution in [0.5, 0.6) is 5.88 Å². The summed E-state index contributed by atoms with van der Waals surface area (Å²) < 4.78 is 33.8. The van der Waals surface area contributed by atoms with Gasteiger partial charge in [0.15, 0.2) is 0 Å². The summed E-state index contributed by atoms with van der Waals surface area (Å²) in [7, 11) is -3.45. The lowest BCUT2D eigenvalue weighted by Gasteiger charge is -2.31. The van der Waals surface area contributed by atoms with Crippen molar-refractivity contribution in [3.8, 4) is 5.88 Å². The largest absolute Gasteiger partial charge is 0.474 e. The van der Waals surface area contributed by atoms with Gasteiger partial charge in [0, 0.05) is 24.8 Å². The summed E-state index contributed by atoms with van der Waals surface area (Å²) in [4.78, 5) is 9.00. The lowest BCUT2D eigenvalue weighted by atomic mass is 9.92. The summed E-state index contributed by atoms with van der Waals surface area (Å²) in [5, 5.41) is 0. The lowest BCUT2D eigenvalue weighted by Crippen LogP contribution is -2.41. The summed E-state index contributed by atoms with van der Waals surface area (Å²) in [5.41, 5.74) is 3.36. The molecule has 1 aromatic carbocycles. The number of aryl methyl sites for hydroxylation is 4. The molecule has 1 aromatic heterocycles. The molecule has 28 heavy (non-hydrogen) atoms. The summed E-state index contributed by atoms with van der Waals surface area (Å²) in [5.74, 6) is 1.25. The maximum Gasteiger partial charge on any atom is 0.243 e. The van der Waals surface area contributed by atoms with Gasteiger partial charge < -0.3 is 4.74 Å². The fourth-order valence-corrected chi connectivity index (χ4v) is 5.64. The molecule has 1 aliphatic heterocycles. The number of aromatic nitrogens is 2. The van der Waals surface area contributed by atoms with Gasteiger partial charge in [-0.3, -0.25) is 0 Å². The molecule has 1 fully saturated rings. The molecule has 0 unspecified atom stereocenters. The third-order valence-corrected chi connectivity index (χ3v) is 7.48. The fraction of sp³-hybridized carbons (Fsp3) is 0.524. The first-order valence-corrected chi connectivity index (χ1v) is 11.5. The van der Waals surface area contributed by atoms with Gasteiger partial charge in [0.05, 0.1) is 4.90 Å². The number of ether oxygens (including phenoxy) is 1. The Labute approximate surface area is 167 Å². The number of benzene rings is 1. The van der Waals surface area contributed by atoms with Crippen LogP contribution >= 0.6 is 0 Å². The summed E-state index contributed by atoms with van der Waals surface area (Å²) in [6.07, 6.45) is 5.66. The molecular formula is C21H27N3O3S. The van der Waals surface area contributed by atoms with Crippen LogP contribution in [0.15, 0.2) is 29.2 Å². The molecule has 0 N–H and O–H groups in total. The first-order chi connectivity index (χ1) is 13.4. The molecule has 1 aliphatic carbocycles. The highest BCUT2D eigenvalue weighted by Crippen LogP contribution is 2.28. The molecule has 2 aliphatic rings. The van der Waals surface area contributed by atoms with Gasteiger partial charge in [-0.25, -0.2) is 13.4 Å². The van der Waals surface area contributed by atoms with Gasteiger partial charge in [-0.15, -0.1) is 0 Å². The minimum atomic E-state index is -3.45. The van der Waals surface area contributed by atoms with Gasteiger partial charge in [0.25, 0.3) is 0 Å². The predicted octanol–water partition coefficient (Wildman–Crippen LogP) is 3.20. The van der Waals surface area contributed by atoms with E-state index in [1.165, 1.54) is 17.5 Å². The highest BCUT2D eigenvalue weighted by molar-refractivity contribution is 7.89. The molecule has 6 nitrogen and oxygen atoms in total. The van der Waals surface area contributed by atoms with Crippen molar-refractivity contribution >= 4 is 10.0 Å². The van der Waals surface area contributed by atoms with Crippen molar-refractivity contribution < 1.29 is 13.2 Å². The van der Waals surface area contributed by atoms with Crippen LogP contribution in [-0.2, 0) is 22.9 Å². The average Bonchev–Trinajstić information content (AvgIpc) is 2.67. The molecule has 2 aromatic rings. The first-order valence-electron chi connectivity index (χ1n) is 10.0. The molecule has 0 amide bonds. The second kappa shape index (κ2) is 7.79. The van der Waals surface area contributed by atoms with Crippen molar-refractivity contribution in [3.63, 3.8) is 0 Å². The molecule has 0 bridgehead atoms. The smallest absolute Gasteiger partial charge is 0.243 e. The van der Waals surface area contributed by atoms with Gasteiger partial charge >= 0.3 is 0 Å². The minimum Gasteiger partial charge on any atom is -0.474 e. The van der Waals surface area contributed by atoms with E-state index in [0.29, 0.717) is 42.5 Å². The highest BCUT2D eigenvalue weighted by Gasteiger charge is 2.31. The van der Waals surface area contributed by atoms with E-state index < -0.39 is 10.0 Å². The number of sulfonamides is 1. The quantitative estimate of drug-likeness (QED) is 0.787. The van der Waals surface area contributed by atoms with Crippen molar-refractivity contribution in [2.24, 2.45) is 0 Å². The van der Waals surface area contributed by atoms with E-state index in [1.54, 1.807) is 10.4 Å². The monoisotopic (exact) mass is 401 g/mol. The first kappa shape index (κ1) is 19.3. The Kier molecular flexibility index (Phi) is 5.38. The Hall–Kier alpha value is -1.99. The zero-order valence-corrected chi connectivity index (χ0v) is 17.3. The molecule has 0 atom stereocenters. The maximum atomic E-state index is 13.1. The van der Waals surface area contributed by atoms with Crippen LogP contribution < -0.4 is 4.74 Å². The number of rotatable bonds is 4. The van der Waals surface area contributed by atoms with Crippen LogP contribution in [0.3, 0.4) is 0 Å². The van der Waals surface area contributed by atoms with Gasteiger partial charge in [-0.2, -0.15) is 9.29 Å². The Balaban J connectivity index is 1.42. The fourth-order valence-electron chi connectivity index (χ4n) is 4.12. The highest BCUT2D eigenvalue weighted by atomic mass is 32.2. The Bertz CT molecular complexity index is 947. The predicted molar refractivity (Wildman–Crippen MR) is 107 cm³/mol. The molecule has 4 rings (SSSR count). The molecule has 0 radical (unpaired) electrons. The third kappa shape index (κ3) is 4.05. The van der Waals surface area contributed by atoms with Crippen molar-refractivity contribution in [2.75, 3.05) is 13.1 Å². The van der Waals surface area contributed by atoms with Gasteiger partial charge in [-0.05, 0) is 75.6 Å². The zero-order chi connectivity index (χ0) is 19.7. The van der Waals surface area contributed by atoms with E-state index in [4.69, 9.17) is 4.74 Å². The minimum absolute atomic E-state index is 0.0244. The SMILES string of the molecule is Cc1cc(OC2CCN(S(=O)(=O)c3ccc4c(c3)CCCC4)CC2)nc(C)n1. The summed E-state index contributed by atoms with van der Waals surface area (Å²) in [6.45, 7) is 4.68. The van der Waals surface area contributed by atoms with Crippen LogP contribution in [0.4, 0.5) is 0 Å². The Morgan fingerprint density at radius 1 is 1.00 bits per heavy atom. The molecule has 0 spiro atoms. The topological polar surface area (TPSA) is 72.4 Å². The number of piperidine rings is 1. The number of hydrogen-bond acceptors (Lipinski definition) is 5. The van der Waals surface area contributed by atoms with E-state index in [0.717, 1.165) is 25.0 Å². The number of fused-ring (bicyclic) bond motifs is 1. The molecule has 0 saturated carbocycles. The molecule has 2 heterocycles. The van der Waals surface area contributed by atoms with E-state index in [9.17, 15) is 8.42 Å². The van der Waals surface area contributed by atoms with E-state index in [2.05, 4.69) is 9.97 Å². The summed E-state index contributed by atoms with van der Waals surface area (Å²) in [6, 6.07) is 7.48. The average molecular weight is 402 g/mol. The van der Waals surface area contributed by atoms with Gasteiger partial charge in [0.1, 0.15) is 11.9 Å². The Morgan fingerprint density at radius 2 is 1.71 bits per heavy atom. The normalized spacial score (nSPS) is 18.6. The molecule has 150 valence electrons. The van der Waals surface area contributed by atoms with Crippen LogP contribution in [0.25, 0.3) is 0 Å². The van der Waals surface area contributed by atoms with Crippen molar-refractivity contribution in [3.05, 3.63) is 46.9 Å². The van der Waals surface area contributed by atoms with E-state index in [1.807, 2.05) is 32.0 Å². The third-order valence-electron chi connectivity index (χ3n) is 5.59. The van der Waals surface area contributed by atoms with Crippen molar-refractivity contribution in [1.29, 1.82) is 0 Å². The van der Waals surface area contributed by atoms with Crippen LogP contribution in [0.2, 0.25) is 0 Å². The van der Waals surface area contributed by atoms with Gasteiger partial charge in [0.2, 0.25) is 15.9 Å². The zero-order valence-electron chi connectivity index (χ0n) is 16.5. The number of nitrogens with zero attached hydrogens (tertiary/aromatic N) is 3. The number of hydrogen-bond donors (Lipinski definition) is 0. The van der Waals surface area contributed by atoms with Gasteiger partial charge in [-0.1, -0.05) is 6.07 Å². The molecular weight excluding hydrogens is 374 g/mol. The van der Waals surface area contributed by atoms with E-state index >= 15 is 0 Å². The lowest BCUT2D eigenvalue weighted by molar-refractivity contribution is 0.129. The van der Waals surface area contributed by atoms with Crippen LogP contribution in [-0.4, -0.2) is 41.9 Å². The standard InChI is InChI=1S/C21H27N3O3S/c1-15-13-21(23-16(2)22-15)27-19-9-11-24(12-10-19)28(25,26)20-8-7-17-5-3-4-6-18(17)14-20/h7-8,13-14,19H,3-6,9-12H2,1-2H3.